The second-order valence-corrected chi connectivity index (χ2v) is 8.16. The van der Waals surface area contributed by atoms with E-state index in [4.69, 9.17) is 0 Å². The van der Waals surface area contributed by atoms with Gasteiger partial charge in [-0.2, -0.15) is 0 Å². The van der Waals surface area contributed by atoms with Crippen molar-refractivity contribution in [2.45, 2.75) is 90.8 Å². The van der Waals surface area contributed by atoms with Gasteiger partial charge in [-0.15, -0.1) is 0 Å². The molecular formula is C19H35N3O4. The van der Waals surface area contributed by atoms with E-state index in [1.54, 1.807) is 0 Å². The first-order chi connectivity index (χ1) is 12.2. The molecule has 1 rings (SSSR count). The smallest absolute Gasteiger partial charge is 0.326 e. The third kappa shape index (κ3) is 8.54. The lowest BCUT2D eigenvalue weighted by atomic mass is 9.96. The number of nitrogens with one attached hydrogen (secondary N) is 3. The van der Waals surface area contributed by atoms with E-state index in [9.17, 15) is 19.5 Å². The summed E-state index contributed by atoms with van der Waals surface area (Å²) in [5.41, 5.74) is 0. The first-order valence-corrected chi connectivity index (χ1v) is 9.79. The van der Waals surface area contributed by atoms with Crippen molar-refractivity contribution < 1.29 is 19.5 Å². The SMILES string of the molecule is CC(C)CC(NC(=O)C(CC(C)C)NC(=O)NC1CCCCC1)C(=O)O. The van der Waals surface area contributed by atoms with Crippen molar-refractivity contribution in [2.24, 2.45) is 11.8 Å². The van der Waals surface area contributed by atoms with Gasteiger partial charge in [-0.3, -0.25) is 4.79 Å². The number of carbonyl (C=O) groups excluding carboxylic acids is 2. The number of amides is 3. The Morgan fingerprint density at radius 1 is 0.885 bits per heavy atom. The first-order valence-electron chi connectivity index (χ1n) is 9.79. The highest BCUT2D eigenvalue weighted by Gasteiger charge is 2.28. The highest BCUT2D eigenvalue weighted by Crippen LogP contribution is 2.17. The van der Waals surface area contributed by atoms with Gasteiger partial charge in [0.1, 0.15) is 12.1 Å². The van der Waals surface area contributed by atoms with Gasteiger partial charge in [0.05, 0.1) is 0 Å². The van der Waals surface area contributed by atoms with Crippen molar-refractivity contribution in [2.75, 3.05) is 0 Å². The number of carbonyl (C=O) groups is 3. The molecule has 1 aliphatic rings. The van der Waals surface area contributed by atoms with Crippen LogP contribution in [0.3, 0.4) is 0 Å². The van der Waals surface area contributed by atoms with Crippen LogP contribution in [0.15, 0.2) is 0 Å². The van der Waals surface area contributed by atoms with Crippen LogP contribution in [0.2, 0.25) is 0 Å². The number of carboxylic acid groups (broad SMARTS) is 1. The van der Waals surface area contributed by atoms with E-state index in [0.717, 1.165) is 25.7 Å². The second-order valence-electron chi connectivity index (χ2n) is 8.16. The average molecular weight is 370 g/mol. The Bertz CT molecular complexity index is 473. The summed E-state index contributed by atoms with van der Waals surface area (Å²) in [6.07, 6.45) is 6.15. The van der Waals surface area contributed by atoms with Crippen molar-refractivity contribution in [3.05, 3.63) is 0 Å². The fraction of sp³-hybridized carbons (Fsp3) is 0.842. The van der Waals surface area contributed by atoms with E-state index in [-0.39, 0.29) is 23.9 Å². The normalized spacial score (nSPS) is 17.6. The van der Waals surface area contributed by atoms with Gasteiger partial charge in [0.25, 0.3) is 0 Å². The van der Waals surface area contributed by atoms with Crippen LogP contribution >= 0.6 is 0 Å². The number of aliphatic carboxylic acids is 1. The van der Waals surface area contributed by atoms with Crippen LogP contribution in [0.1, 0.15) is 72.6 Å². The molecule has 4 N–H and O–H groups in total. The largest absolute Gasteiger partial charge is 0.480 e. The number of hydrogen-bond donors (Lipinski definition) is 4. The third-order valence-electron chi connectivity index (χ3n) is 4.59. The lowest BCUT2D eigenvalue weighted by molar-refractivity contribution is -0.142. The third-order valence-corrected chi connectivity index (χ3v) is 4.59. The van der Waals surface area contributed by atoms with Crippen molar-refractivity contribution in [1.29, 1.82) is 0 Å². The van der Waals surface area contributed by atoms with Crippen LogP contribution in [0.5, 0.6) is 0 Å². The van der Waals surface area contributed by atoms with Gasteiger partial charge in [0.2, 0.25) is 5.91 Å². The summed E-state index contributed by atoms with van der Waals surface area (Å²) in [7, 11) is 0. The molecule has 0 spiro atoms. The molecule has 0 bridgehead atoms. The Kier molecular flexibility index (Phi) is 9.44. The Labute approximate surface area is 156 Å². The molecule has 0 aromatic carbocycles. The molecule has 0 radical (unpaired) electrons. The van der Waals surface area contributed by atoms with Crippen LogP contribution in [0, 0.1) is 11.8 Å². The minimum Gasteiger partial charge on any atom is -0.480 e. The maximum atomic E-state index is 12.6. The minimum absolute atomic E-state index is 0.141. The Hall–Kier alpha value is -1.79. The predicted octanol–water partition coefficient (Wildman–Crippen LogP) is 2.65. The molecule has 1 aliphatic carbocycles. The predicted molar refractivity (Wildman–Crippen MR) is 101 cm³/mol. The van der Waals surface area contributed by atoms with Gasteiger partial charge in [-0.25, -0.2) is 9.59 Å². The van der Waals surface area contributed by atoms with Crippen LogP contribution in [0.4, 0.5) is 4.79 Å². The van der Waals surface area contributed by atoms with Crippen molar-refractivity contribution in [3.63, 3.8) is 0 Å². The first kappa shape index (κ1) is 22.3. The molecule has 7 heteroatoms. The summed E-state index contributed by atoms with van der Waals surface area (Å²) in [5.74, 6) is -1.16. The number of rotatable bonds is 9. The fourth-order valence-electron chi connectivity index (χ4n) is 3.30. The molecule has 2 unspecified atom stereocenters. The quantitative estimate of drug-likeness (QED) is 0.501. The van der Waals surface area contributed by atoms with Crippen molar-refractivity contribution in [1.82, 2.24) is 16.0 Å². The van der Waals surface area contributed by atoms with Gasteiger partial charge in [-0.1, -0.05) is 47.0 Å². The van der Waals surface area contributed by atoms with E-state index in [1.807, 2.05) is 27.7 Å². The topological polar surface area (TPSA) is 108 Å². The maximum Gasteiger partial charge on any atom is 0.326 e. The second kappa shape index (κ2) is 11.0. The Morgan fingerprint density at radius 3 is 1.92 bits per heavy atom. The van der Waals surface area contributed by atoms with Gasteiger partial charge in [0, 0.05) is 6.04 Å². The molecule has 0 aromatic rings. The molecule has 0 aromatic heterocycles. The molecular weight excluding hydrogens is 334 g/mol. The molecule has 0 aliphatic heterocycles. The highest BCUT2D eigenvalue weighted by molar-refractivity contribution is 5.90. The van der Waals surface area contributed by atoms with Crippen LogP contribution in [-0.4, -0.2) is 41.1 Å². The van der Waals surface area contributed by atoms with E-state index in [1.165, 1.54) is 6.42 Å². The summed E-state index contributed by atoms with van der Waals surface area (Å²) in [6.45, 7) is 7.74. The molecule has 1 fully saturated rings. The van der Waals surface area contributed by atoms with E-state index < -0.39 is 24.0 Å². The summed E-state index contributed by atoms with van der Waals surface area (Å²) >= 11 is 0. The molecule has 150 valence electrons. The van der Waals surface area contributed by atoms with Crippen molar-refractivity contribution in [3.8, 4) is 0 Å². The van der Waals surface area contributed by atoms with E-state index in [2.05, 4.69) is 16.0 Å². The lowest BCUT2D eigenvalue weighted by Gasteiger charge is -2.26. The van der Waals surface area contributed by atoms with Crippen molar-refractivity contribution >= 4 is 17.9 Å². The minimum atomic E-state index is -1.05. The van der Waals surface area contributed by atoms with Gasteiger partial charge in [-0.05, 0) is 37.5 Å². The fourth-order valence-corrected chi connectivity index (χ4v) is 3.30. The standard InChI is InChI=1S/C19H35N3O4/c1-12(2)10-15(17(23)21-16(18(24)25)11-13(3)4)22-19(26)20-14-8-6-5-7-9-14/h12-16H,5-11H2,1-4H3,(H,21,23)(H,24,25)(H2,20,22,26). The molecule has 1 saturated carbocycles. The summed E-state index contributed by atoms with van der Waals surface area (Å²) in [4.78, 5) is 36.3. The zero-order chi connectivity index (χ0) is 19.7. The number of carboxylic acids is 1. The maximum absolute atomic E-state index is 12.6. The molecule has 0 saturated heterocycles. The Balaban J connectivity index is 2.66. The summed E-state index contributed by atoms with van der Waals surface area (Å²) in [5, 5.41) is 17.6. The number of hydrogen-bond acceptors (Lipinski definition) is 3. The van der Waals surface area contributed by atoms with Crippen LogP contribution in [-0.2, 0) is 9.59 Å². The molecule has 0 heterocycles. The molecule has 2 atom stereocenters. The van der Waals surface area contributed by atoms with E-state index in [0.29, 0.717) is 12.8 Å². The average Bonchev–Trinajstić information content (AvgIpc) is 2.53. The van der Waals surface area contributed by atoms with Gasteiger partial charge < -0.3 is 21.1 Å². The number of urea groups is 1. The van der Waals surface area contributed by atoms with Gasteiger partial charge >= 0.3 is 12.0 Å². The zero-order valence-electron chi connectivity index (χ0n) is 16.5. The van der Waals surface area contributed by atoms with Crippen LogP contribution in [0.25, 0.3) is 0 Å². The summed E-state index contributed by atoms with van der Waals surface area (Å²) < 4.78 is 0. The van der Waals surface area contributed by atoms with E-state index >= 15 is 0 Å². The molecule has 3 amide bonds. The zero-order valence-corrected chi connectivity index (χ0v) is 16.5. The van der Waals surface area contributed by atoms with Gasteiger partial charge in [0.15, 0.2) is 0 Å². The molecule has 26 heavy (non-hydrogen) atoms. The summed E-state index contributed by atoms with van der Waals surface area (Å²) in [6, 6.07) is -1.89. The molecule has 7 nitrogen and oxygen atoms in total. The highest BCUT2D eigenvalue weighted by atomic mass is 16.4. The Morgan fingerprint density at radius 2 is 1.42 bits per heavy atom. The monoisotopic (exact) mass is 369 g/mol. The van der Waals surface area contributed by atoms with Crippen LogP contribution < -0.4 is 16.0 Å². The lowest BCUT2D eigenvalue weighted by Crippen LogP contribution is -2.55.